The van der Waals surface area contributed by atoms with Gasteiger partial charge in [0.1, 0.15) is 5.75 Å². The molecule has 0 saturated carbocycles. The minimum Gasteiger partial charge on any atom is -0.497 e. The minimum atomic E-state index is 0.295. The molecule has 0 bridgehead atoms. The molecular weight excluding hydrogens is 312 g/mol. The molecule has 2 heterocycles. The lowest BCUT2D eigenvalue weighted by Crippen LogP contribution is -1.95. The normalized spacial score (nSPS) is 11.3. The number of aryl methyl sites for hydroxylation is 1. The summed E-state index contributed by atoms with van der Waals surface area (Å²) in [5.41, 5.74) is 3.54. The molecule has 0 spiro atoms. The van der Waals surface area contributed by atoms with Gasteiger partial charge in [0.2, 0.25) is 5.28 Å². The Labute approximate surface area is 137 Å². The molecule has 0 amide bonds. The van der Waals surface area contributed by atoms with Crippen molar-refractivity contribution in [3.8, 4) is 17.1 Å². The van der Waals surface area contributed by atoms with E-state index in [1.54, 1.807) is 11.6 Å². The van der Waals surface area contributed by atoms with E-state index in [1.807, 2.05) is 49.4 Å². The molecule has 2 aromatic heterocycles. The molecule has 0 N–H and O–H groups in total. The van der Waals surface area contributed by atoms with Crippen LogP contribution in [-0.2, 0) is 0 Å². The van der Waals surface area contributed by atoms with Crippen LogP contribution in [0.4, 0.5) is 0 Å². The van der Waals surface area contributed by atoms with Crippen LogP contribution in [0.5, 0.6) is 5.75 Å². The van der Waals surface area contributed by atoms with Crippen LogP contribution in [-0.4, -0.2) is 26.7 Å². The number of benzene rings is 2. The maximum absolute atomic E-state index is 6.25. The predicted molar refractivity (Wildman–Crippen MR) is 90.0 cm³/mol. The molecule has 4 rings (SSSR count). The topological polar surface area (TPSA) is 52.3 Å². The van der Waals surface area contributed by atoms with Crippen LogP contribution in [0.1, 0.15) is 5.56 Å². The fraction of sp³-hybridized carbons (Fsp3) is 0.118. The summed E-state index contributed by atoms with van der Waals surface area (Å²) >= 11 is 6.25. The Morgan fingerprint density at radius 2 is 1.83 bits per heavy atom. The molecule has 0 aliphatic heterocycles. The van der Waals surface area contributed by atoms with Crippen LogP contribution >= 0.6 is 11.6 Å². The number of aromatic nitrogens is 4. The second kappa shape index (κ2) is 5.21. The van der Waals surface area contributed by atoms with Crippen LogP contribution < -0.4 is 4.74 Å². The molecular formula is C17H13ClN4O. The van der Waals surface area contributed by atoms with Crippen molar-refractivity contribution in [3.63, 3.8) is 0 Å². The molecule has 23 heavy (non-hydrogen) atoms. The first kappa shape index (κ1) is 14.0. The van der Waals surface area contributed by atoms with Gasteiger partial charge in [0.25, 0.3) is 0 Å². The van der Waals surface area contributed by atoms with E-state index in [2.05, 4.69) is 15.1 Å². The number of hydrogen-bond acceptors (Lipinski definition) is 4. The van der Waals surface area contributed by atoms with E-state index >= 15 is 0 Å². The lowest BCUT2D eigenvalue weighted by atomic mass is 10.1. The molecule has 0 aliphatic rings. The summed E-state index contributed by atoms with van der Waals surface area (Å²) in [6.07, 6.45) is 0. The lowest BCUT2D eigenvalue weighted by Gasteiger charge is -2.01. The average molecular weight is 325 g/mol. The maximum atomic E-state index is 6.25. The SMILES string of the molecule is COc1ccc(-c2nc3c4cc(C)ccc4nc(Cl)n3n2)cc1. The second-order valence-corrected chi connectivity index (χ2v) is 5.64. The summed E-state index contributed by atoms with van der Waals surface area (Å²) < 4.78 is 6.75. The number of nitrogens with zero attached hydrogens (tertiary/aromatic N) is 4. The van der Waals surface area contributed by atoms with Crippen LogP contribution in [0.2, 0.25) is 5.28 Å². The van der Waals surface area contributed by atoms with Crippen molar-refractivity contribution >= 4 is 28.2 Å². The molecule has 114 valence electrons. The molecule has 0 unspecified atom stereocenters. The van der Waals surface area contributed by atoms with Crippen LogP contribution in [0.3, 0.4) is 0 Å². The number of rotatable bonds is 2. The Morgan fingerprint density at radius 3 is 2.57 bits per heavy atom. The predicted octanol–water partition coefficient (Wildman–Crippen LogP) is 3.91. The summed E-state index contributed by atoms with van der Waals surface area (Å²) in [5, 5.41) is 5.72. The van der Waals surface area contributed by atoms with E-state index in [0.29, 0.717) is 16.8 Å². The number of fused-ring (bicyclic) bond motifs is 3. The van der Waals surface area contributed by atoms with Gasteiger partial charge in [-0.2, -0.15) is 4.52 Å². The molecule has 4 aromatic rings. The van der Waals surface area contributed by atoms with Gasteiger partial charge in [-0.05, 0) is 54.9 Å². The first-order valence-corrected chi connectivity index (χ1v) is 7.50. The number of methoxy groups -OCH3 is 1. The second-order valence-electron chi connectivity index (χ2n) is 5.30. The lowest BCUT2D eigenvalue weighted by molar-refractivity contribution is 0.415. The molecule has 0 atom stereocenters. The smallest absolute Gasteiger partial charge is 0.226 e. The Balaban J connectivity index is 1.97. The fourth-order valence-electron chi connectivity index (χ4n) is 2.55. The molecule has 5 nitrogen and oxygen atoms in total. The van der Waals surface area contributed by atoms with Gasteiger partial charge in [-0.1, -0.05) is 11.6 Å². The standard InChI is InChI=1S/C17H13ClN4O/c1-10-3-8-14-13(9-10)16-20-15(21-22(16)17(18)19-14)11-4-6-12(23-2)7-5-11/h3-9H,1-2H3. The van der Waals surface area contributed by atoms with Crippen LogP contribution in [0, 0.1) is 6.92 Å². The monoisotopic (exact) mass is 324 g/mol. The van der Waals surface area contributed by atoms with Crippen molar-refractivity contribution in [2.45, 2.75) is 6.92 Å². The summed E-state index contributed by atoms with van der Waals surface area (Å²) in [6.45, 7) is 2.03. The first-order chi connectivity index (χ1) is 11.2. The van der Waals surface area contributed by atoms with Crippen LogP contribution in [0.15, 0.2) is 42.5 Å². The van der Waals surface area contributed by atoms with Gasteiger partial charge in [0, 0.05) is 10.9 Å². The van der Waals surface area contributed by atoms with Crippen LogP contribution in [0.25, 0.3) is 27.9 Å². The zero-order valence-corrected chi connectivity index (χ0v) is 13.4. The Hall–Kier alpha value is -2.66. The summed E-state index contributed by atoms with van der Waals surface area (Å²) in [6, 6.07) is 13.6. The molecule has 6 heteroatoms. The molecule has 0 radical (unpaired) electrons. The molecule has 0 fully saturated rings. The van der Waals surface area contributed by atoms with Crippen molar-refractivity contribution in [1.29, 1.82) is 0 Å². The quantitative estimate of drug-likeness (QED) is 0.524. The molecule has 2 aromatic carbocycles. The summed E-state index contributed by atoms with van der Waals surface area (Å²) in [4.78, 5) is 9.04. The third kappa shape index (κ3) is 2.29. The van der Waals surface area contributed by atoms with Crippen molar-refractivity contribution in [3.05, 3.63) is 53.3 Å². The van der Waals surface area contributed by atoms with E-state index in [-0.39, 0.29) is 0 Å². The van der Waals surface area contributed by atoms with E-state index in [4.69, 9.17) is 16.3 Å². The zero-order chi connectivity index (χ0) is 16.0. The first-order valence-electron chi connectivity index (χ1n) is 7.13. The van der Waals surface area contributed by atoms with E-state index < -0.39 is 0 Å². The molecule has 0 saturated heterocycles. The molecule has 0 aliphatic carbocycles. The van der Waals surface area contributed by atoms with E-state index in [0.717, 1.165) is 27.8 Å². The van der Waals surface area contributed by atoms with Gasteiger partial charge in [-0.15, -0.1) is 5.10 Å². The highest BCUT2D eigenvalue weighted by Gasteiger charge is 2.13. The van der Waals surface area contributed by atoms with Gasteiger partial charge >= 0.3 is 0 Å². The highest BCUT2D eigenvalue weighted by molar-refractivity contribution is 6.29. The summed E-state index contributed by atoms with van der Waals surface area (Å²) in [5.74, 6) is 1.39. The average Bonchev–Trinajstić information content (AvgIpc) is 3.02. The third-order valence-corrected chi connectivity index (χ3v) is 3.98. The number of ether oxygens (including phenoxy) is 1. The van der Waals surface area contributed by atoms with Gasteiger partial charge in [0.05, 0.1) is 12.6 Å². The highest BCUT2D eigenvalue weighted by atomic mass is 35.5. The van der Waals surface area contributed by atoms with Crippen molar-refractivity contribution in [2.24, 2.45) is 0 Å². The van der Waals surface area contributed by atoms with Gasteiger partial charge < -0.3 is 4.74 Å². The Morgan fingerprint density at radius 1 is 1.04 bits per heavy atom. The third-order valence-electron chi connectivity index (χ3n) is 3.74. The minimum absolute atomic E-state index is 0.295. The number of hydrogen-bond donors (Lipinski definition) is 0. The van der Waals surface area contributed by atoms with Crippen molar-refractivity contribution in [2.75, 3.05) is 7.11 Å². The largest absolute Gasteiger partial charge is 0.497 e. The van der Waals surface area contributed by atoms with Gasteiger partial charge in [-0.3, -0.25) is 0 Å². The van der Waals surface area contributed by atoms with Crippen molar-refractivity contribution in [1.82, 2.24) is 19.6 Å². The van der Waals surface area contributed by atoms with Gasteiger partial charge in [0.15, 0.2) is 11.5 Å². The van der Waals surface area contributed by atoms with E-state index in [1.165, 1.54) is 0 Å². The van der Waals surface area contributed by atoms with Crippen molar-refractivity contribution < 1.29 is 4.74 Å². The Bertz CT molecular complexity index is 1020. The maximum Gasteiger partial charge on any atom is 0.226 e. The number of halogens is 1. The van der Waals surface area contributed by atoms with Gasteiger partial charge in [-0.25, -0.2) is 9.97 Å². The fourth-order valence-corrected chi connectivity index (χ4v) is 2.76. The summed E-state index contributed by atoms with van der Waals surface area (Å²) in [7, 11) is 1.64. The van der Waals surface area contributed by atoms with E-state index in [9.17, 15) is 0 Å². The Kier molecular flexibility index (Phi) is 3.16. The highest BCUT2D eigenvalue weighted by Crippen LogP contribution is 2.25. The zero-order valence-electron chi connectivity index (χ0n) is 12.6.